The summed E-state index contributed by atoms with van der Waals surface area (Å²) < 4.78 is 0.799. The Kier molecular flexibility index (Phi) is 4.59. The molecule has 0 unspecified atom stereocenters. The summed E-state index contributed by atoms with van der Waals surface area (Å²) in [4.78, 5) is 2.24. The van der Waals surface area contributed by atoms with Gasteiger partial charge in [0, 0.05) is 36.2 Å². The van der Waals surface area contributed by atoms with Crippen molar-refractivity contribution in [1.82, 2.24) is 10.2 Å². The Balaban J connectivity index is 2.42. The summed E-state index contributed by atoms with van der Waals surface area (Å²) >= 11 is 3.46. The lowest BCUT2D eigenvalue weighted by Crippen LogP contribution is -2.44. The van der Waals surface area contributed by atoms with Gasteiger partial charge in [-0.2, -0.15) is 5.26 Å². The molecule has 0 spiro atoms. The Labute approximate surface area is 121 Å². The van der Waals surface area contributed by atoms with Gasteiger partial charge in [-0.05, 0) is 12.1 Å². The smallest absolute Gasteiger partial charge is 0.139 e. The van der Waals surface area contributed by atoms with Crippen molar-refractivity contribution in [3.05, 3.63) is 40.4 Å². The van der Waals surface area contributed by atoms with E-state index in [0.717, 1.165) is 36.2 Å². The predicted molar refractivity (Wildman–Crippen MR) is 77.9 cm³/mol. The SMILES string of the molecule is C=C[C@H](c1c(Br)ccc(C#N)c1O)N1CCNCC1. The lowest BCUT2D eigenvalue weighted by molar-refractivity contribution is 0.200. The number of phenols is 1. The average Bonchev–Trinajstić information content (AvgIpc) is 2.44. The van der Waals surface area contributed by atoms with Gasteiger partial charge < -0.3 is 10.4 Å². The predicted octanol–water partition coefficient (Wildman–Crippen LogP) is 2.16. The van der Waals surface area contributed by atoms with E-state index in [1.54, 1.807) is 12.1 Å². The average molecular weight is 322 g/mol. The second-order valence-corrected chi connectivity index (χ2v) is 5.29. The number of phenolic OH excluding ortho intramolecular Hbond substituents is 1. The molecular weight excluding hydrogens is 306 g/mol. The lowest BCUT2D eigenvalue weighted by atomic mass is 10.0. The van der Waals surface area contributed by atoms with Crippen LogP contribution in [-0.2, 0) is 0 Å². The summed E-state index contributed by atoms with van der Waals surface area (Å²) in [6, 6.07) is 5.33. The minimum atomic E-state index is -0.0928. The van der Waals surface area contributed by atoms with Crippen LogP contribution in [0.2, 0.25) is 0 Å². The number of halogens is 1. The largest absolute Gasteiger partial charge is 0.506 e. The quantitative estimate of drug-likeness (QED) is 0.838. The third-order valence-electron chi connectivity index (χ3n) is 3.35. The zero-order valence-electron chi connectivity index (χ0n) is 10.6. The summed E-state index contributed by atoms with van der Waals surface area (Å²) in [5.74, 6) is 0.0420. The number of rotatable bonds is 3. The van der Waals surface area contributed by atoms with Gasteiger partial charge in [0.25, 0.3) is 0 Å². The van der Waals surface area contributed by atoms with Gasteiger partial charge in [-0.3, -0.25) is 4.90 Å². The zero-order valence-corrected chi connectivity index (χ0v) is 12.2. The topological polar surface area (TPSA) is 59.3 Å². The highest BCUT2D eigenvalue weighted by atomic mass is 79.9. The van der Waals surface area contributed by atoms with Gasteiger partial charge in [-0.15, -0.1) is 6.58 Å². The van der Waals surface area contributed by atoms with Crippen molar-refractivity contribution in [2.45, 2.75) is 6.04 Å². The number of aromatic hydroxyl groups is 1. The maximum Gasteiger partial charge on any atom is 0.139 e. The summed E-state index contributed by atoms with van der Waals surface area (Å²) in [5.41, 5.74) is 1.01. The van der Waals surface area contributed by atoms with Crippen LogP contribution in [0.4, 0.5) is 0 Å². The molecule has 1 aliphatic rings. The molecule has 0 aliphatic carbocycles. The second-order valence-electron chi connectivity index (χ2n) is 4.44. The molecule has 0 saturated carbocycles. The zero-order chi connectivity index (χ0) is 13.8. The monoisotopic (exact) mass is 321 g/mol. The Morgan fingerprint density at radius 2 is 2.16 bits per heavy atom. The molecule has 0 amide bonds. The molecule has 1 aliphatic heterocycles. The van der Waals surface area contributed by atoms with Gasteiger partial charge in [0.05, 0.1) is 11.6 Å². The van der Waals surface area contributed by atoms with Gasteiger partial charge in [-0.25, -0.2) is 0 Å². The highest BCUT2D eigenvalue weighted by Gasteiger charge is 2.25. The van der Waals surface area contributed by atoms with Crippen LogP contribution in [0.3, 0.4) is 0 Å². The summed E-state index contributed by atoms with van der Waals surface area (Å²) in [7, 11) is 0. The molecule has 0 bridgehead atoms. The van der Waals surface area contributed by atoms with E-state index < -0.39 is 0 Å². The molecule has 0 radical (unpaired) electrons. The van der Waals surface area contributed by atoms with Crippen LogP contribution in [0.5, 0.6) is 5.75 Å². The standard InChI is InChI=1S/C14H16BrN3O/c1-2-12(18-7-5-17-6-8-18)13-11(15)4-3-10(9-16)14(13)19/h2-4,12,17,19H,1,5-8H2/t12-/m1/s1. The van der Waals surface area contributed by atoms with Gasteiger partial charge in [-0.1, -0.05) is 22.0 Å². The minimum absolute atomic E-state index is 0.0420. The molecule has 2 rings (SSSR count). The minimum Gasteiger partial charge on any atom is -0.506 e. The first-order valence-electron chi connectivity index (χ1n) is 6.17. The Hall–Kier alpha value is -1.35. The second kappa shape index (κ2) is 6.20. The van der Waals surface area contributed by atoms with Crippen molar-refractivity contribution in [2.24, 2.45) is 0 Å². The van der Waals surface area contributed by atoms with Crippen LogP contribution in [0.1, 0.15) is 17.2 Å². The highest BCUT2D eigenvalue weighted by Crippen LogP contribution is 2.37. The van der Waals surface area contributed by atoms with Crippen LogP contribution in [0, 0.1) is 11.3 Å². The number of piperazine rings is 1. The van der Waals surface area contributed by atoms with Crippen LogP contribution in [0.25, 0.3) is 0 Å². The number of nitrogens with one attached hydrogen (secondary N) is 1. The first-order chi connectivity index (χ1) is 9.19. The molecule has 5 heteroatoms. The van der Waals surface area contributed by atoms with E-state index in [0.29, 0.717) is 5.56 Å². The molecule has 19 heavy (non-hydrogen) atoms. The summed E-state index contributed by atoms with van der Waals surface area (Å²) in [6.45, 7) is 7.48. The van der Waals surface area contributed by atoms with Crippen LogP contribution < -0.4 is 5.32 Å². The van der Waals surface area contributed by atoms with Crippen molar-refractivity contribution in [3.8, 4) is 11.8 Å². The van der Waals surface area contributed by atoms with E-state index in [-0.39, 0.29) is 11.8 Å². The van der Waals surface area contributed by atoms with Gasteiger partial charge in [0.15, 0.2) is 0 Å². The van der Waals surface area contributed by atoms with Crippen molar-refractivity contribution >= 4 is 15.9 Å². The Morgan fingerprint density at radius 3 is 2.74 bits per heavy atom. The molecule has 1 aromatic rings. The third-order valence-corrected chi connectivity index (χ3v) is 4.04. The molecule has 1 heterocycles. The molecule has 0 aromatic heterocycles. The number of hydrogen-bond acceptors (Lipinski definition) is 4. The normalized spacial score (nSPS) is 17.7. The van der Waals surface area contributed by atoms with Crippen molar-refractivity contribution in [3.63, 3.8) is 0 Å². The van der Waals surface area contributed by atoms with E-state index in [4.69, 9.17) is 5.26 Å². The fourth-order valence-electron chi connectivity index (χ4n) is 2.36. The summed E-state index contributed by atoms with van der Waals surface area (Å²) in [6.07, 6.45) is 1.81. The lowest BCUT2D eigenvalue weighted by Gasteiger charge is -2.34. The van der Waals surface area contributed by atoms with Crippen molar-refractivity contribution in [2.75, 3.05) is 26.2 Å². The molecular formula is C14H16BrN3O. The van der Waals surface area contributed by atoms with E-state index in [9.17, 15) is 5.11 Å². The first kappa shape index (κ1) is 14.1. The van der Waals surface area contributed by atoms with Gasteiger partial charge in [0.1, 0.15) is 11.8 Å². The van der Waals surface area contributed by atoms with E-state index >= 15 is 0 Å². The van der Waals surface area contributed by atoms with Crippen LogP contribution in [-0.4, -0.2) is 36.2 Å². The fourth-order valence-corrected chi connectivity index (χ4v) is 2.92. The van der Waals surface area contributed by atoms with Crippen LogP contribution >= 0.6 is 15.9 Å². The molecule has 2 N–H and O–H groups in total. The summed E-state index contributed by atoms with van der Waals surface area (Å²) in [5, 5.41) is 22.6. The number of nitriles is 1. The number of benzene rings is 1. The van der Waals surface area contributed by atoms with Crippen molar-refractivity contribution in [1.29, 1.82) is 5.26 Å². The highest BCUT2D eigenvalue weighted by molar-refractivity contribution is 9.10. The van der Waals surface area contributed by atoms with Crippen LogP contribution in [0.15, 0.2) is 29.3 Å². The van der Waals surface area contributed by atoms with E-state index in [1.807, 2.05) is 12.1 Å². The molecule has 4 nitrogen and oxygen atoms in total. The van der Waals surface area contributed by atoms with E-state index in [2.05, 4.69) is 32.7 Å². The van der Waals surface area contributed by atoms with E-state index in [1.165, 1.54) is 0 Å². The molecule has 1 fully saturated rings. The molecule has 1 aromatic carbocycles. The Bertz CT molecular complexity index is 518. The first-order valence-corrected chi connectivity index (χ1v) is 6.97. The molecule has 100 valence electrons. The molecule has 1 saturated heterocycles. The van der Waals surface area contributed by atoms with Gasteiger partial charge in [0.2, 0.25) is 0 Å². The number of nitrogens with zero attached hydrogens (tertiary/aromatic N) is 2. The molecule has 1 atom stereocenters. The Morgan fingerprint density at radius 1 is 1.47 bits per heavy atom. The number of hydrogen-bond donors (Lipinski definition) is 2. The maximum atomic E-state index is 10.3. The van der Waals surface area contributed by atoms with Gasteiger partial charge >= 0.3 is 0 Å². The third kappa shape index (κ3) is 2.81. The maximum absolute atomic E-state index is 10.3. The van der Waals surface area contributed by atoms with Crippen molar-refractivity contribution < 1.29 is 5.11 Å². The fraction of sp³-hybridized carbons (Fsp3) is 0.357.